The molecular weight excluding hydrogens is 330 g/mol. The Kier molecular flexibility index (Phi) is 4.34. The molecule has 1 aromatic rings. The van der Waals surface area contributed by atoms with E-state index in [-0.39, 0.29) is 4.90 Å². The number of hydrogen-bond acceptors (Lipinski definition) is 4. The molecule has 17 heavy (non-hydrogen) atoms. The van der Waals surface area contributed by atoms with Crippen molar-refractivity contribution in [3.63, 3.8) is 0 Å². The standard InChI is InChI=1S/C9H12BrNO4S2/c1-5(9(12)13)11(3)17(14,15)7-4-8(10)16-6(7)2/h4-5H,1-3H3,(H,12,13). The summed E-state index contributed by atoms with van der Waals surface area (Å²) >= 11 is 4.51. The van der Waals surface area contributed by atoms with E-state index in [1.807, 2.05) is 0 Å². The van der Waals surface area contributed by atoms with Gasteiger partial charge in [0.25, 0.3) is 0 Å². The van der Waals surface area contributed by atoms with Crippen LogP contribution >= 0.6 is 27.3 Å². The van der Waals surface area contributed by atoms with Gasteiger partial charge in [0.1, 0.15) is 6.04 Å². The van der Waals surface area contributed by atoms with Crippen molar-refractivity contribution in [1.82, 2.24) is 4.31 Å². The predicted molar refractivity (Wildman–Crippen MR) is 68.8 cm³/mol. The number of rotatable bonds is 4. The van der Waals surface area contributed by atoms with Crippen molar-refractivity contribution >= 4 is 43.3 Å². The van der Waals surface area contributed by atoms with Gasteiger partial charge >= 0.3 is 5.97 Å². The molecule has 0 aliphatic heterocycles. The van der Waals surface area contributed by atoms with Crippen LogP contribution in [0.3, 0.4) is 0 Å². The van der Waals surface area contributed by atoms with Gasteiger partial charge in [-0.1, -0.05) is 0 Å². The van der Waals surface area contributed by atoms with Crippen molar-refractivity contribution in [2.75, 3.05) is 7.05 Å². The molecular formula is C9H12BrNO4S2. The summed E-state index contributed by atoms with van der Waals surface area (Å²) in [5, 5.41) is 8.82. The fourth-order valence-electron chi connectivity index (χ4n) is 1.21. The Bertz CT molecular complexity index is 537. The molecule has 0 saturated heterocycles. The largest absolute Gasteiger partial charge is 0.480 e. The lowest BCUT2D eigenvalue weighted by Gasteiger charge is -2.20. The number of hydrogen-bond donors (Lipinski definition) is 1. The number of carbonyl (C=O) groups is 1. The SMILES string of the molecule is Cc1sc(Br)cc1S(=O)(=O)N(C)C(C)C(=O)O. The van der Waals surface area contributed by atoms with Crippen LogP contribution in [0.25, 0.3) is 0 Å². The summed E-state index contributed by atoms with van der Waals surface area (Å²) in [6.45, 7) is 3.01. The average molecular weight is 342 g/mol. The molecule has 1 aromatic heterocycles. The van der Waals surface area contributed by atoms with Gasteiger partial charge in [-0.15, -0.1) is 11.3 Å². The van der Waals surface area contributed by atoms with Crippen molar-refractivity contribution in [3.8, 4) is 0 Å². The fourth-order valence-corrected chi connectivity index (χ4v) is 4.91. The summed E-state index contributed by atoms with van der Waals surface area (Å²) in [7, 11) is -2.50. The fraction of sp³-hybridized carbons (Fsp3) is 0.444. The molecule has 0 saturated carbocycles. The van der Waals surface area contributed by atoms with Crippen LogP contribution < -0.4 is 0 Å². The molecule has 0 aromatic carbocycles. The summed E-state index contributed by atoms with van der Waals surface area (Å²) in [4.78, 5) is 11.6. The molecule has 0 spiro atoms. The average Bonchev–Trinajstić information content (AvgIpc) is 2.56. The Morgan fingerprint density at radius 1 is 1.59 bits per heavy atom. The number of aliphatic carboxylic acids is 1. The van der Waals surface area contributed by atoms with Gasteiger partial charge in [0.2, 0.25) is 10.0 Å². The first kappa shape index (κ1) is 14.6. The van der Waals surface area contributed by atoms with Crippen LogP contribution in [0.2, 0.25) is 0 Å². The highest BCUT2D eigenvalue weighted by Crippen LogP contribution is 2.31. The van der Waals surface area contributed by atoms with E-state index in [1.54, 1.807) is 6.92 Å². The molecule has 0 aliphatic rings. The highest BCUT2D eigenvalue weighted by molar-refractivity contribution is 9.11. The molecule has 0 bridgehead atoms. The lowest BCUT2D eigenvalue weighted by molar-refractivity contribution is -0.140. The Labute approximate surface area is 112 Å². The molecule has 1 unspecified atom stereocenters. The summed E-state index contributed by atoms with van der Waals surface area (Å²) in [6, 6.07) is 0.388. The number of halogens is 1. The van der Waals surface area contributed by atoms with E-state index in [1.165, 1.54) is 31.4 Å². The summed E-state index contributed by atoms with van der Waals surface area (Å²) < 4.78 is 25.9. The van der Waals surface area contributed by atoms with E-state index in [9.17, 15) is 13.2 Å². The van der Waals surface area contributed by atoms with E-state index in [4.69, 9.17) is 5.11 Å². The number of carboxylic acid groups (broad SMARTS) is 1. The van der Waals surface area contributed by atoms with Crippen LogP contribution in [0.4, 0.5) is 0 Å². The topological polar surface area (TPSA) is 74.7 Å². The van der Waals surface area contributed by atoms with E-state index in [2.05, 4.69) is 15.9 Å². The molecule has 1 N–H and O–H groups in total. The molecule has 1 atom stereocenters. The van der Waals surface area contributed by atoms with Crippen molar-refractivity contribution in [2.45, 2.75) is 24.8 Å². The van der Waals surface area contributed by atoms with Crippen molar-refractivity contribution in [2.24, 2.45) is 0 Å². The van der Waals surface area contributed by atoms with Gasteiger partial charge in [0.15, 0.2) is 0 Å². The number of sulfonamides is 1. The van der Waals surface area contributed by atoms with Crippen LogP contribution in [0.1, 0.15) is 11.8 Å². The minimum absolute atomic E-state index is 0.143. The highest BCUT2D eigenvalue weighted by atomic mass is 79.9. The molecule has 0 aliphatic carbocycles. The summed E-state index contributed by atoms with van der Waals surface area (Å²) in [5.41, 5.74) is 0. The predicted octanol–water partition coefficient (Wildman–Crippen LogP) is 1.91. The summed E-state index contributed by atoms with van der Waals surface area (Å²) in [5.74, 6) is -1.18. The van der Waals surface area contributed by atoms with Crippen molar-refractivity contribution in [1.29, 1.82) is 0 Å². The van der Waals surface area contributed by atoms with Crippen LogP contribution in [0.15, 0.2) is 14.7 Å². The van der Waals surface area contributed by atoms with Crippen molar-refractivity contribution in [3.05, 3.63) is 14.7 Å². The zero-order valence-electron chi connectivity index (χ0n) is 9.47. The summed E-state index contributed by atoms with van der Waals surface area (Å²) in [6.07, 6.45) is 0. The van der Waals surface area contributed by atoms with Gasteiger partial charge in [-0.3, -0.25) is 4.79 Å². The molecule has 1 rings (SSSR count). The van der Waals surface area contributed by atoms with Gasteiger partial charge in [-0.2, -0.15) is 4.31 Å². The maximum Gasteiger partial charge on any atom is 0.321 e. The van der Waals surface area contributed by atoms with Crippen LogP contribution in [-0.4, -0.2) is 36.9 Å². The maximum atomic E-state index is 12.2. The van der Waals surface area contributed by atoms with Crippen LogP contribution in [0, 0.1) is 6.92 Å². The Balaban J connectivity index is 3.20. The van der Waals surface area contributed by atoms with Crippen molar-refractivity contribution < 1.29 is 18.3 Å². The zero-order valence-corrected chi connectivity index (χ0v) is 12.7. The molecule has 96 valence electrons. The van der Waals surface area contributed by atoms with Gasteiger partial charge in [-0.25, -0.2) is 8.42 Å². The Morgan fingerprint density at radius 2 is 2.12 bits per heavy atom. The van der Waals surface area contributed by atoms with Gasteiger partial charge in [0, 0.05) is 11.9 Å². The number of carboxylic acids is 1. The van der Waals surface area contributed by atoms with E-state index in [0.29, 0.717) is 8.66 Å². The second kappa shape index (κ2) is 5.05. The first-order valence-electron chi connectivity index (χ1n) is 4.64. The minimum atomic E-state index is -3.76. The van der Waals surface area contributed by atoms with Crippen LogP contribution in [-0.2, 0) is 14.8 Å². The first-order valence-corrected chi connectivity index (χ1v) is 7.69. The molecule has 0 radical (unpaired) electrons. The Hall–Kier alpha value is -0.440. The third-order valence-corrected chi connectivity index (χ3v) is 6.14. The lowest BCUT2D eigenvalue weighted by Crippen LogP contribution is -2.40. The highest BCUT2D eigenvalue weighted by Gasteiger charge is 2.31. The number of likely N-dealkylation sites (N-methyl/N-ethyl adjacent to an activating group) is 1. The smallest absolute Gasteiger partial charge is 0.321 e. The normalized spacial score (nSPS) is 13.9. The molecule has 8 heteroatoms. The molecule has 5 nitrogen and oxygen atoms in total. The minimum Gasteiger partial charge on any atom is -0.480 e. The maximum absolute atomic E-state index is 12.2. The molecule has 0 amide bonds. The van der Waals surface area contributed by atoms with E-state index in [0.717, 1.165) is 4.31 Å². The van der Waals surface area contributed by atoms with Gasteiger partial charge < -0.3 is 5.11 Å². The number of nitrogens with zero attached hydrogens (tertiary/aromatic N) is 1. The molecule has 1 heterocycles. The third kappa shape index (κ3) is 2.87. The lowest BCUT2D eigenvalue weighted by atomic mass is 10.4. The molecule has 0 fully saturated rings. The second-order valence-corrected chi connectivity index (χ2v) is 8.11. The van der Waals surface area contributed by atoms with Gasteiger partial charge in [0.05, 0.1) is 8.68 Å². The monoisotopic (exact) mass is 341 g/mol. The van der Waals surface area contributed by atoms with Gasteiger partial charge in [-0.05, 0) is 35.8 Å². The van der Waals surface area contributed by atoms with Crippen LogP contribution in [0.5, 0.6) is 0 Å². The number of aryl methyl sites for hydroxylation is 1. The van der Waals surface area contributed by atoms with E-state index >= 15 is 0 Å². The van der Waals surface area contributed by atoms with E-state index < -0.39 is 22.0 Å². The Morgan fingerprint density at radius 3 is 2.47 bits per heavy atom. The third-order valence-electron chi connectivity index (χ3n) is 2.40. The zero-order chi connectivity index (χ0) is 13.4. The number of thiophene rings is 1. The quantitative estimate of drug-likeness (QED) is 0.907. The second-order valence-electron chi connectivity index (χ2n) is 3.51. The first-order chi connectivity index (χ1) is 7.67.